The van der Waals surface area contributed by atoms with Crippen LogP contribution in [0, 0.1) is 0 Å². The van der Waals surface area contributed by atoms with E-state index in [4.69, 9.17) is 9.47 Å². The van der Waals surface area contributed by atoms with Crippen molar-refractivity contribution in [1.82, 2.24) is 10.2 Å². The Balaban J connectivity index is 1.69. The van der Waals surface area contributed by atoms with Gasteiger partial charge in [-0.2, -0.15) is 0 Å². The second kappa shape index (κ2) is 5.15. The minimum absolute atomic E-state index is 0.00723. The summed E-state index contributed by atoms with van der Waals surface area (Å²) in [5.41, 5.74) is -0.665. The maximum atomic E-state index is 13.1. The van der Waals surface area contributed by atoms with E-state index >= 15 is 0 Å². The van der Waals surface area contributed by atoms with Crippen LogP contribution in [0.1, 0.15) is 35.4 Å². The van der Waals surface area contributed by atoms with Gasteiger partial charge < -0.3 is 19.7 Å². The van der Waals surface area contributed by atoms with Crippen LogP contribution in [0.4, 0.5) is 0 Å². The van der Waals surface area contributed by atoms with Gasteiger partial charge in [-0.15, -0.1) is 11.3 Å². The zero-order valence-electron chi connectivity index (χ0n) is 12.2. The molecule has 6 nitrogen and oxygen atoms in total. The number of thiophene rings is 1. The van der Waals surface area contributed by atoms with Crippen molar-refractivity contribution in [2.75, 3.05) is 26.3 Å². The minimum atomic E-state index is -0.665. The van der Waals surface area contributed by atoms with Crippen molar-refractivity contribution in [1.29, 1.82) is 0 Å². The molecule has 0 aromatic carbocycles. The fourth-order valence-electron chi connectivity index (χ4n) is 3.67. The Morgan fingerprint density at radius 2 is 2.05 bits per heavy atom. The standard InChI is InChI=1S/C15H18N2O4S/c18-13(12-11-10(9-22-12)20-7-8-21-11)17-6-5-16-14(19)15(17)3-1-2-4-15/h9H,1-8H2,(H,16,19). The van der Waals surface area contributed by atoms with E-state index in [1.54, 1.807) is 4.90 Å². The van der Waals surface area contributed by atoms with Crippen molar-refractivity contribution in [3.63, 3.8) is 0 Å². The average molecular weight is 322 g/mol. The first-order valence-electron chi connectivity index (χ1n) is 7.70. The van der Waals surface area contributed by atoms with Crippen LogP contribution in [0.2, 0.25) is 0 Å². The zero-order valence-corrected chi connectivity index (χ0v) is 13.0. The normalized spacial score (nSPS) is 22.7. The molecular weight excluding hydrogens is 304 g/mol. The summed E-state index contributed by atoms with van der Waals surface area (Å²) in [5.74, 6) is 1.07. The van der Waals surface area contributed by atoms with Gasteiger partial charge in [0.2, 0.25) is 5.91 Å². The second-order valence-electron chi connectivity index (χ2n) is 5.91. The quantitative estimate of drug-likeness (QED) is 0.849. The van der Waals surface area contributed by atoms with Crippen LogP contribution in [0.25, 0.3) is 0 Å². The number of carbonyl (C=O) groups is 2. The second-order valence-corrected chi connectivity index (χ2v) is 6.79. The summed E-state index contributed by atoms with van der Waals surface area (Å²) in [6.07, 6.45) is 3.46. The van der Waals surface area contributed by atoms with Crippen molar-refractivity contribution < 1.29 is 19.1 Å². The highest BCUT2D eigenvalue weighted by Gasteiger charge is 2.50. The van der Waals surface area contributed by atoms with Crippen molar-refractivity contribution in [3.8, 4) is 11.5 Å². The number of hydrogen-bond acceptors (Lipinski definition) is 5. The topological polar surface area (TPSA) is 67.9 Å². The Labute approximate surface area is 132 Å². The Bertz CT molecular complexity index is 621. The molecule has 1 saturated heterocycles. The summed E-state index contributed by atoms with van der Waals surface area (Å²) in [6.45, 7) is 2.03. The monoisotopic (exact) mass is 322 g/mol. The van der Waals surface area contributed by atoms with Crippen molar-refractivity contribution in [2.45, 2.75) is 31.2 Å². The van der Waals surface area contributed by atoms with Gasteiger partial charge in [0, 0.05) is 18.5 Å². The molecule has 2 amide bonds. The number of hydrogen-bond donors (Lipinski definition) is 1. The highest BCUT2D eigenvalue weighted by atomic mass is 32.1. The molecule has 0 radical (unpaired) electrons. The third kappa shape index (κ3) is 1.91. The number of carbonyl (C=O) groups excluding carboxylic acids is 2. The zero-order chi connectivity index (χ0) is 15.2. The molecule has 1 N–H and O–H groups in total. The van der Waals surface area contributed by atoms with Gasteiger partial charge in [0.1, 0.15) is 23.6 Å². The van der Waals surface area contributed by atoms with Crippen molar-refractivity contribution in [3.05, 3.63) is 10.3 Å². The molecule has 4 rings (SSSR count). The summed E-state index contributed by atoms with van der Waals surface area (Å²) >= 11 is 1.34. The van der Waals surface area contributed by atoms with E-state index in [1.165, 1.54) is 11.3 Å². The lowest BCUT2D eigenvalue weighted by atomic mass is 9.91. The van der Waals surface area contributed by atoms with E-state index in [9.17, 15) is 9.59 Å². The first kappa shape index (κ1) is 13.9. The highest BCUT2D eigenvalue weighted by Crippen LogP contribution is 2.43. The van der Waals surface area contributed by atoms with Crippen LogP contribution >= 0.6 is 11.3 Å². The van der Waals surface area contributed by atoms with E-state index in [0.29, 0.717) is 42.7 Å². The third-order valence-corrected chi connectivity index (χ3v) is 5.66. The number of nitrogens with one attached hydrogen (secondary N) is 1. The lowest BCUT2D eigenvalue weighted by Gasteiger charge is -2.43. The van der Waals surface area contributed by atoms with Gasteiger partial charge in [-0.1, -0.05) is 12.8 Å². The third-order valence-electron chi connectivity index (χ3n) is 4.73. The minimum Gasteiger partial charge on any atom is -0.485 e. The molecule has 1 saturated carbocycles. The summed E-state index contributed by atoms with van der Waals surface area (Å²) < 4.78 is 11.1. The number of amides is 2. The molecule has 0 unspecified atom stereocenters. The van der Waals surface area contributed by atoms with Gasteiger partial charge in [0.15, 0.2) is 11.5 Å². The van der Waals surface area contributed by atoms with E-state index in [0.717, 1.165) is 25.7 Å². The number of rotatable bonds is 1. The van der Waals surface area contributed by atoms with Crippen LogP contribution in [-0.4, -0.2) is 48.6 Å². The molecule has 2 fully saturated rings. The molecule has 3 heterocycles. The first-order valence-corrected chi connectivity index (χ1v) is 8.58. The van der Waals surface area contributed by atoms with Gasteiger partial charge in [-0.25, -0.2) is 0 Å². The maximum absolute atomic E-state index is 13.1. The molecule has 0 atom stereocenters. The molecule has 3 aliphatic rings. The van der Waals surface area contributed by atoms with Gasteiger partial charge >= 0.3 is 0 Å². The Morgan fingerprint density at radius 1 is 1.27 bits per heavy atom. The van der Waals surface area contributed by atoms with Crippen molar-refractivity contribution >= 4 is 23.2 Å². The predicted molar refractivity (Wildman–Crippen MR) is 80.6 cm³/mol. The molecule has 1 aliphatic carbocycles. The molecule has 2 aliphatic heterocycles. The Hall–Kier alpha value is -1.76. The fraction of sp³-hybridized carbons (Fsp3) is 0.600. The fourth-order valence-corrected chi connectivity index (χ4v) is 4.55. The number of fused-ring (bicyclic) bond motifs is 1. The molecule has 118 valence electrons. The molecule has 1 aromatic rings. The predicted octanol–water partition coefficient (Wildman–Crippen LogP) is 1.40. The van der Waals surface area contributed by atoms with E-state index in [-0.39, 0.29) is 11.8 Å². The summed E-state index contributed by atoms with van der Waals surface area (Å²) in [6, 6.07) is 0. The van der Waals surface area contributed by atoms with Crippen molar-refractivity contribution in [2.24, 2.45) is 0 Å². The van der Waals surface area contributed by atoms with E-state index in [2.05, 4.69) is 5.32 Å². The molecule has 22 heavy (non-hydrogen) atoms. The van der Waals surface area contributed by atoms with Crippen LogP contribution in [-0.2, 0) is 4.79 Å². The Morgan fingerprint density at radius 3 is 2.86 bits per heavy atom. The molecular formula is C15H18N2O4S. The lowest BCUT2D eigenvalue weighted by Crippen LogP contribution is -2.65. The summed E-state index contributed by atoms with van der Waals surface area (Å²) in [4.78, 5) is 27.8. The number of piperazine rings is 1. The first-order chi connectivity index (χ1) is 10.7. The maximum Gasteiger partial charge on any atom is 0.268 e. The Kier molecular flexibility index (Phi) is 3.25. The average Bonchev–Trinajstić information content (AvgIpc) is 3.17. The van der Waals surface area contributed by atoms with Gasteiger partial charge in [-0.3, -0.25) is 9.59 Å². The highest BCUT2D eigenvalue weighted by molar-refractivity contribution is 7.12. The van der Waals surface area contributed by atoms with Crippen LogP contribution in [0.5, 0.6) is 11.5 Å². The molecule has 1 aromatic heterocycles. The summed E-state index contributed by atoms with van der Waals surface area (Å²) in [5, 5.41) is 4.73. The van der Waals surface area contributed by atoms with Crippen LogP contribution in [0.3, 0.4) is 0 Å². The SMILES string of the molecule is O=C(c1scc2c1OCCO2)N1CCNC(=O)C12CCCC2. The molecule has 7 heteroatoms. The largest absolute Gasteiger partial charge is 0.485 e. The molecule has 1 spiro atoms. The van der Waals surface area contributed by atoms with Gasteiger partial charge in [0.05, 0.1) is 0 Å². The lowest BCUT2D eigenvalue weighted by molar-refractivity contribution is -0.134. The molecule has 0 bridgehead atoms. The smallest absolute Gasteiger partial charge is 0.268 e. The van der Waals surface area contributed by atoms with Gasteiger partial charge in [-0.05, 0) is 12.8 Å². The van der Waals surface area contributed by atoms with E-state index < -0.39 is 5.54 Å². The number of nitrogens with zero attached hydrogens (tertiary/aromatic N) is 1. The van der Waals surface area contributed by atoms with E-state index in [1.807, 2.05) is 5.38 Å². The van der Waals surface area contributed by atoms with Gasteiger partial charge in [0.25, 0.3) is 5.91 Å². The van der Waals surface area contributed by atoms with Crippen LogP contribution < -0.4 is 14.8 Å². The summed E-state index contributed by atoms with van der Waals surface area (Å²) in [7, 11) is 0. The number of ether oxygens (including phenoxy) is 2. The van der Waals surface area contributed by atoms with Crippen LogP contribution in [0.15, 0.2) is 5.38 Å².